The Balaban J connectivity index is 1.88. The number of halogens is 2. The van der Waals surface area contributed by atoms with Crippen molar-refractivity contribution in [3.63, 3.8) is 0 Å². The molecule has 6 nitrogen and oxygen atoms in total. The molecule has 1 amide bonds. The number of nitrogens with zero attached hydrogens (tertiary/aromatic N) is 1. The van der Waals surface area contributed by atoms with Crippen LogP contribution >= 0.6 is 12.2 Å². The predicted octanol–water partition coefficient (Wildman–Crippen LogP) is 1.94. The molecule has 2 N–H and O–H groups in total. The van der Waals surface area contributed by atoms with E-state index in [1.54, 1.807) is 24.0 Å². The first-order valence-corrected chi connectivity index (χ1v) is 8.56. The van der Waals surface area contributed by atoms with Gasteiger partial charge in [0, 0.05) is 18.8 Å². The average Bonchev–Trinajstić information content (AvgIpc) is 2.61. The van der Waals surface area contributed by atoms with Crippen LogP contribution in [0, 0.1) is 0 Å². The maximum Gasteiger partial charge on any atom is 0.387 e. The van der Waals surface area contributed by atoms with E-state index in [-0.39, 0.29) is 11.7 Å². The predicted molar refractivity (Wildman–Crippen MR) is 94.8 cm³/mol. The molecule has 1 aromatic carbocycles. The largest absolute Gasteiger partial charge is 0.435 e. The van der Waals surface area contributed by atoms with E-state index in [1.807, 2.05) is 0 Å². The molecule has 140 valence electrons. The molecular formula is C17H19F2N3O3S. The molecule has 1 unspecified atom stereocenters. The van der Waals surface area contributed by atoms with Crippen LogP contribution in [0.5, 0.6) is 5.75 Å². The Morgan fingerprint density at radius 2 is 1.96 bits per heavy atom. The highest BCUT2D eigenvalue weighted by molar-refractivity contribution is 7.80. The molecule has 0 aliphatic carbocycles. The van der Waals surface area contributed by atoms with Crippen molar-refractivity contribution >= 4 is 23.2 Å². The SMILES string of the molecule is CC1=C(C(=O)N2CCOCC2)C(c2ccc(OC(F)F)cc2)NC(=S)N1. The molecule has 1 saturated heterocycles. The van der Waals surface area contributed by atoms with Crippen LogP contribution in [-0.2, 0) is 9.53 Å². The Labute approximate surface area is 155 Å². The van der Waals surface area contributed by atoms with Gasteiger partial charge < -0.3 is 25.0 Å². The maximum atomic E-state index is 13.0. The van der Waals surface area contributed by atoms with Gasteiger partial charge in [-0.25, -0.2) is 0 Å². The summed E-state index contributed by atoms with van der Waals surface area (Å²) in [4.78, 5) is 14.8. The van der Waals surface area contributed by atoms with Crippen LogP contribution in [0.1, 0.15) is 18.5 Å². The maximum absolute atomic E-state index is 13.0. The molecular weight excluding hydrogens is 364 g/mol. The van der Waals surface area contributed by atoms with Crippen molar-refractivity contribution in [3.05, 3.63) is 41.1 Å². The Morgan fingerprint density at radius 3 is 2.58 bits per heavy atom. The summed E-state index contributed by atoms with van der Waals surface area (Å²) in [5.41, 5.74) is 1.94. The summed E-state index contributed by atoms with van der Waals surface area (Å²) in [6.07, 6.45) is 0. The van der Waals surface area contributed by atoms with Crippen molar-refractivity contribution in [2.24, 2.45) is 0 Å². The quantitative estimate of drug-likeness (QED) is 0.775. The Morgan fingerprint density at radius 1 is 1.31 bits per heavy atom. The number of thiocarbonyl (C=S) groups is 1. The Kier molecular flexibility index (Phi) is 5.67. The van der Waals surface area contributed by atoms with Crippen molar-refractivity contribution < 1.29 is 23.0 Å². The second-order valence-electron chi connectivity index (χ2n) is 5.92. The molecule has 1 fully saturated rings. The van der Waals surface area contributed by atoms with Crippen LogP contribution in [0.4, 0.5) is 8.78 Å². The summed E-state index contributed by atoms with van der Waals surface area (Å²) in [5.74, 6) is -0.0479. The molecule has 2 aliphatic heterocycles. The van der Waals surface area contributed by atoms with E-state index in [4.69, 9.17) is 17.0 Å². The summed E-state index contributed by atoms with van der Waals surface area (Å²) in [5, 5.41) is 6.47. The number of benzene rings is 1. The molecule has 0 spiro atoms. The minimum Gasteiger partial charge on any atom is -0.435 e. The van der Waals surface area contributed by atoms with E-state index in [9.17, 15) is 13.6 Å². The van der Waals surface area contributed by atoms with Gasteiger partial charge in [0.25, 0.3) is 5.91 Å². The lowest BCUT2D eigenvalue weighted by Crippen LogP contribution is -2.49. The second kappa shape index (κ2) is 7.96. The van der Waals surface area contributed by atoms with Crippen molar-refractivity contribution in [1.29, 1.82) is 0 Å². The first-order chi connectivity index (χ1) is 12.5. The van der Waals surface area contributed by atoms with Gasteiger partial charge in [-0.15, -0.1) is 0 Å². The van der Waals surface area contributed by atoms with Crippen LogP contribution in [0.3, 0.4) is 0 Å². The van der Waals surface area contributed by atoms with Gasteiger partial charge in [0.15, 0.2) is 5.11 Å². The highest BCUT2D eigenvalue weighted by Crippen LogP contribution is 2.30. The number of amides is 1. The molecule has 26 heavy (non-hydrogen) atoms. The zero-order valence-electron chi connectivity index (χ0n) is 14.1. The molecule has 9 heteroatoms. The smallest absolute Gasteiger partial charge is 0.387 e. The average molecular weight is 383 g/mol. The van der Waals surface area contributed by atoms with E-state index in [2.05, 4.69) is 15.4 Å². The number of nitrogens with one attached hydrogen (secondary N) is 2. The molecule has 0 bridgehead atoms. The van der Waals surface area contributed by atoms with Crippen LogP contribution in [0.15, 0.2) is 35.5 Å². The number of hydrogen-bond donors (Lipinski definition) is 2. The molecule has 1 aromatic rings. The minimum absolute atomic E-state index is 0.0574. The fraction of sp³-hybridized carbons (Fsp3) is 0.412. The van der Waals surface area contributed by atoms with Crippen LogP contribution in [0.25, 0.3) is 0 Å². The number of hydrogen-bond acceptors (Lipinski definition) is 4. The third-order valence-electron chi connectivity index (χ3n) is 4.24. The monoisotopic (exact) mass is 383 g/mol. The van der Waals surface area contributed by atoms with E-state index in [1.165, 1.54) is 12.1 Å². The number of rotatable bonds is 4. The number of carbonyl (C=O) groups excluding carboxylic acids is 1. The summed E-state index contributed by atoms with van der Waals surface area (Å²) >= 11 is 5.21. The lowest BCUT2D eigenvalue weighted by molar-refractivity contribution is -0.131. The highest BCUT2D eigenvalue weighted by atomic mass is 32.1. The second-order valence-corrected chi connectivity index (χ2v) is 6.33. The normalized spacial score (nSPS) is 20.7. The van der Waals surface area contributed by atoms with E-state index in [0.29, 0.717) is 42.7 Å². The van der Waals surface area contributed by atoms with Crippen molar-refractivity contribution in [1.82, 2.24) is 15.5 Å². The summed E-state index contributed by atoms with van der Waals surface area (Å²) in [7, 11) is 0. The van der Waals surface area contributed by atoms with Gasteiger partial charge in [-0.3, -0.25) is 4.79 Å². The standard InChI is InChI=1S/C17H19F2N3O3S/c1-10-13(15(23)22-6-8-24-9-7-22)14(21-17(26)20-10)11-2-4-12(5-3-11)25-16(18)19/h2-5,14,16H,6-9H2,1H3,(H2,20,21,26). The minimum atomic E-state index is -2.88. The van der Waals surface area contributed by atoms with E-state index < -0.39 is 12.7 Å². The number of alkyl halides is 2. The van der Waals surface area contributed by atoms with E-state index in [0.717, 1.165) is 5.56 Å². The number of ether oxygens (including phenoxy) is 2. The van der Waals surface area contributed by atoms with Crippen molar-refractivity contribution in [2.45, 2.75) is 19.6 Å². The molecule has 0 aromatic heterocycles. The summed E-state index contributed by atoms with van der Waals surface area (Å²) in [6, 6.07) is 5.70. The molecule has 3 rings (SSSR count). The van der Waals surface area contributed by atoms with Gasteiger partial charge in [0.05, 0.1) is 24.8 Å². The van der Waals surface area contributed by atoms with Crippen molar-refractivity contribution in [2.75, 3.05) is 26.3 Å². The van der Waals surface area contributed by atoms with Gasteiger partial charge in [-0.05, 0) is 36.8 Å². The van der Waals surface area contributed by atoms with Crippen molar-refractivity contribution in [3.8, 4) is 5.75 Å². The molecule has 1 atom stereocenters. The number of morpholine rings is 1. The van der Waals surface area contributed by atoms with Gasteiger partial charge in [-0.2, -0.15) is 8.78 Å². The summed E-state index contributed by atoms with van der Waals surface area (Å²) < 4.78 is 34.3. The first kappa shape index (κ1) is 18.5. The van der Waals surface area contributed by atoms with Crippen LogP contribution in [0.2, 0.25) is 0 Å². The van der Waals surface area contributed by atoms with Gasteiger partial charge >= 0.3 is 6.61 Å². The lowest BCUT2D eigenvalue weighted by Gasteiger charge is -2.34. The van der Waals surface area contributed by atoms with Gasteiger partial charge in [0.2, 0.25) is 0 Å². The van der Waals surface area contributed by atoms with Crippen LogP contribution in [-0.4, -0.2) is 48.8 Å². The first-order valence-electron chi connectivity index (χ1n) is 8.16. The molecule has 0 saturated carbocycles. The Hall–Kier alpha value is -2.26. The fourth-order valence-electron chi connectivity index (χ4n) is 3.01. The topological polar surface area (TPSA) is 62.8 Å². The number of carbonyl (C=O) groups is 1. The number of allylic oxidation sites excluding steroid dienone is 1. The highest BCUT2D eigenvalue weighted by Gasteiger charge is 2.33. The third-order valence-corrected chi connectivity index (χ3v) is 4.46. The molecule has 2 heterocycles. The van der Waals surface area contributed by atoms with Gasteiger partial charge in [0.1, 0.15) is 5.75 Å². The zero-order valence-corrected chi connectivity index (χ0v) is 14.9. The summed E-state index contributed by atoms with van der Waals surface area (Å²) in [6.45, 7) is 0.957. The third kappa shape index (κ3) is 4.10. The lowest BCUT2D eigenvalue weighted by atomic mass is 9.94. The van der Waals surface area contributed by atoms with Crippen LogP contribution < -0.4 is 15.4 Å². The Bertz CT molecular complexity index is 718. The van der Waals surface area contributed by atoms with E-state index >= 15 is 0 Å². The van der Waals surface area contributed by atoms with Gasteiger partial charge in [-0.1, -0.05) is 12.1 Å². The fourth-order valence-corrected chi connectivity index (χ4v) is 3.28. The molecule has 2 aliphatic rings. The zero-order chi connectivity index (χ0) is 18.7. The molecule has 0 radical (unpaired) electrons.